The van der Waals surface area contributed by atoms with E-state index in [2.05, 4.69) is 5.32 Å². The lowest BCUT2D eigenvalue weighted by atomic mass is 10.0. The summed E-state index contributed by atoms with van der Waals surface area (Å²) < 4.78 is 6.40. The molecule has 1 aromatic carbocycles. The molecule has 1 amide bonds. The molecular weight excluding hydrogens is 400 g/mol. The number of aryl methyl sites for hydroxylation is 4. The number of rotatable bonds is 4. The Morgan fingerprint density at radius 1 is 1.07 bits per heavy atom. The molecule has 1 unspecified atom stereocenters. The Kier molecular flexibility index (Phi) is 5.85. The number of esters is 1. The number of pyridine rings is 1. The molecule has 30 heavy (non-hydrogen) atoms. The highest BCUT2D eigenvalue weighted by Crippen LogP contribution is 2.34. The van der Waals surface area contributed by atoms with Crippen molar-refractivity contribution in [3.05, 3.63) is 61.2 Å². The van der Waals surface area contributed by atoms with Gasteiger partial charge in [-0.05, 0) is 64.3 Å². The molecule has 0 bridgehead atoms. The normalized spacial score (nSPS) is 12.1. The number of methoxy groups -OCH3 is 1. The van der Waals surface area contributed by atoms with Crippen molar-refractivity contribution < 1.29 is 14.3 Å². The summed E-state index contributed by atoms with van der Waals surface area (Å²) in [5.74, 6) is -0.863. The van der Waals surface area contributed by atoms with Crippen molar-refractivity contribution >= 4 is 39.1 Å². The van der Waals surface area contributed by atoms with Gasteiger partial charge in [-0.3, -0.25) is 14.2 Å². The van der Waals surface area contributed by atoms with Gasteiger partial charge in [0, 0.05) is 16.3 Å². The molecule has 2 aromatic heterocycles. The zero-order chi connectivity index (χ0) is 22.3. The van der Waals surface area contributed by atoms with E-state index in [9.17, 15) is 14.4 Å². The Morgan fingerprint density at radius 3 is 2.37 bits per heavy atom. The molecule has 0 aliphatic rings. The Bertz CT molecular complexity index is 1240. The minimum Gasteiger partial charge on any atom is -0.465 e. The van der Waals surface area contributed by atoms with E-state index >= 15 is 0 Å². The SMILES string of the molecule is COC(=O)c1c(NC(=O)C(C)n2c(=O)cc(C)c3cc(C)cc(C)c32)sc(C)c1C. The smallest absolute Gasteiger partial charge is 0.341 e. The van der Waals surface area contributed by atoms with Crippen LogP contribution in [0.2, 0.25) is 0 Å². The van der Waals surface area contributed by atoms with Crippen LogP contribution in [0.5, 0.6) is 0 Å². The van der Waals surface area contributed by atoms with Gasteiger partial charge in [0.2, 0.25) is 5.91 Å². The van der Waals surface area contributed by atoms with E-state index in [4.69, 9.17) is 4.74 Å². The van der Waals surface area contributed by atoms with Crippen molar-refractivity contribution in [2.24, 2.45) is 0 Å². The predicted octanol–water partition coefficient (Wildman–Crippen LogP) is 4.59. The lowest BCUT2D eigenvalue weighted by molar-refractivity contribution is -0.118. The third kappa shape index (κ3) is 3.65. The lowest BCUT2D eigenvalue weighted by Crippen LogP contribution is -2.32. The maximum atomic E-state index is 13.1. The van der Waals surface area contributed by atoms with Crippen LogP contribution in [0, 0.1) is 34.6 Å². The zero-order valence-electron chi connectivity index (χ0n) is 18.3. The van der Waals surface area contributed by atoms with Crippen LogP contribution >= 0.6 is 11.3 Å². The Hall–Kier alpha value is -2.93. The zero-order valence-corrected chi connectivity index (χ0v) is 19.1. The summed E-state index contributed by atoms with van der Waals surface area (Å²) in [5.41, 5.74) is 4.55. The third-order valence-corrected chi connectivity index (χ3v) is 6.59. The van der Waals surface area contributed by atoms with Gasteiger partial charge in [0.15, 0.2) is 0 Å². The van der Waals surface area contributed by atoms with Crippen LogP contribution in [0.15, 0.2) is 23.0 Å². The molecule has 158 valence electrons. The Labute approximate surface area is 179 Å². The minimum absolute atomic E-state index is 0.235. The van der Waals surface area contributed by atoms with Crippen molar-refractivity contribution in [1.82, 2.24) is 4.57 Å². The first-order valence-electron chi connectivity index (χ1n) is 9.69. The highest BCUT2D eigenvalue weighted by atomic mass is 32.1. The van der Waals surface area contributed by atoms with Gasteiger partial charge >= 0.3 is 5.97 Å². The maximum absolute atomic E-state index is 13.1. The Morgan fingerprint density at radius 2 is 1.73 bits per heavy atom. The van der Waals surface area contributed by atoms with E-state index in [1.165, 1.54) is 23.0 Å². The quantitative estimate of drug-likeness (QED) is 0.619. The number of fused-ring (bicyclic) bond motifs is 1. The molecule has 0 saturated heterocycles. The number of aromatic nitrogens is 1. The van der Waals surface area contributed by atoms with Crippen LogP contribution in [-0.2, 0) is 9.53 Å². The number of hydrogen-bond acceptors (Lipinski definition) is 5. The van der Waals surface area contributed by atoms with Gasteiger partial charge in [-0.2, -0.15) is 0 Å². The van der Waals surface area contributed by atoms with Crippen LogP contribution in [0.4, 0.5) is 5.00 Å². The summed E-state index contributed by atoms with van der Waals surface area (Å²) >= 11 is 1.32. The summed E-state index contributed by atoms with van der Waals surface area (Å²) in [6, 6.07) is 4.82. The van der Waals surface area contributed by atoms with Crippen LogP contribution < -0.4 is 10.9 Å². The molecule has 0 saturated carbocycles. The second kappa shape index (κ2) is 8.07. The molecule has 0 spiro atoms. The molecule has 1 atom stereocenters. The molecule has 0 aliphatic carbocycles. The number of carbonyl (C=O) groups is 2. The molecule has 6 nitrogen and oxygen atoms in total. The molecule has 3 aromatic rings. The average molecular weight is 427 g/mol. The van der Waals surface area contributed by atoms with E-state index in [-0.39, 0.29) is 11.5 Å². The predicted molar refractivity (Wildman–Crippen MR) is 121 cm³/mol. The molecular formula is C23H26N2O4S. The van der Waals surface area contributed by atoms with Crippen LogP contribution in [0.1, 0.15) is 50.5 Å². The average Bonchev–Trinajstić information content (AvgIpc) is 2.95. The standard InChI is InChI=1S/C23H26N2O4S/c1-11-8-13(3)20-17(9-11)12(2)10-18(26)25(20)15(5)21(27)24-22-19(23(28)29-7)14(4)16(6)30-22/h8-10,15H,1-7H3,(H,24,27). The summed E-state index contributed by atoms with van der Waals surface area (Å²) in [4.78, 5) is 39.1. The van der Waals surface area contributed by atoms with Gasteiger partial charge in [-0.25, -0.2) is 4.79 Å². The van der Waals surface area contributed by atoms with E-state index in [0.717, 1.165) is 38.0 Å². The van der Waals surface area contributed by atoms with E-state index in [0.29, 0.717) is 10.6 Å². The summed E-state index contributed by atoms with van der Waals surface area (Å²) in [5, 5.41) is 4.23. The second-order valence-electron chi connectivity index (χ2n) is 7.66. The number of thiophene rings is 1. The van der Waals surface area contributed by atoms with Crippen LogP contribution in [0.3, 0.4) is 0 Å². The fourth-order valence-corrected chi connectivity index (χ4v) is 4.86. The molecule has 2 heterocycles. The van der Waals surface area contributed by atoms with Crippen molar-refractivity contribution in [3.8, 4) is 0 Å². The van der Waals surface area contributed by atoms with Gasteiger partial charge in [0.1, 0.15) is 11.0 Å². The third-order valence-electron chi connectivity index (χ3n) is 5.47. The molecule has 0 fully saturated rings. The number of benzene rings is 1. The molecule has 0 aliphatic heterocycles. The first-order valence-corrected chi connectivity index (χ1v) is 10.5. The van der Waals surface area contributed by atoms with E-state index in [1.807, 2.05) is 46.8 Å². The first-order chi connectivity index (χ1) is 14.1. The molecule has 7 heteroatoms. The monoisotopic (exact) mass is 426 g/mol. The topological polar surface area (TPSA) is 77.4 Å². The number of anilines is 1. The molecule has 1 N–H and O–H groups in total. The van der Waals surface area contributed by atoms with Crippen molar-refractivity contribution in [1.29, 1.82) is 0 Å². The van der Waals surface area contributed by atoms with Gasteiger partial charge in [0.25, 0.3) is 5.56 Å². The fraction of sp³-hybridized carbons (Fsp3) is 0.348. The number of ether oxygens (including phenoxy) is 1. The number of amides is 1. The van der Waals surface area contributed by atoms with Gasteiger partial charge in [0.05, 0.1) is 18.2 Å². The number of nitrogens with zero attached hydrogens (tertiary/aromatic N) is 1. The lowest BCUT2D eigenvalue weighted by Gasteiger charge is -2.20. The summed E-state index contributed by atoms with van der Waals surface area (Å²) in [6.45, 7) is 11.2. The number of nitrogens with one attached hydrogen (secondary N) is 1. The van der Waals surface area contributed by atoms with Gasteiger partial charge < -0.3 is 10.1 Å². The second-order valence-corrected chi connectivity index (χ2v) is 8.88. The van der Waals surface area contributed by atoms with E-state index < -0.39 is 12.0 Å². The highest BCUT2D eigenvalue weighted by molar-refractivity contribution is 7.16. The van der Waals surface area contributed by atoms with Crippen molar-refractivity contribution in [3.63, 3.8) is 0 Å². The van der Waals surface area contributed by atoms with Crippen molar-refractivity contribution in [2.45, 2.75) is 47.6 Å². The fourth-order valence-electron chi connectivity index (χ4n) is 3.80. The largest absolute Gasteiger partial charge is 0.465 e. The van der Waals surface area contributed by atoms with Crippen molar-refractivity contribution in [2.75, 3.05) is 12.4 Å². The van der Waals surface area contributed by atoms with Gasteiger partial charge in [-0.1, -0.05) is 11.6 Å². The highest BCUT2D eigenvalue weighted by Gasteiger charge is 2.25. The van der Waals surface area contributed by atoms with Crippen LogP contribution in [-0.4, -0.2) is 23.6 Å². The van der Waals surface area contributed by atoms with Gasteiger partial charge in [-0.15, -0.1) is 11.3 Å². The Balaban J connectivity index is 2.09. The maximum Gasteiger partial charge on any atom is 0.341 e. The number of carbonyl (C=O) groups excluding carboxylic acids is 2. The number of hydrogen-bond donors (Lipinski definition) is 1. The molecule has 3 rings (SSSR count). The first kappa shape index (κ1) is 21.8. The molecule has 0 radical (unpaired) electrons. The van der Waals surface area contributed by atoms with Crippen LogP contribution in [0.25, 0.3) is 10.9 Å². The summed E-state index contributed by atoms with van der Waals surface area (Å²) in [6.07, 6.45) is 0. The van der Waals surface area contributed by atoms with E-state index in [1.54, 1.807) is 13.0 Å². The summed E-state index contributed by atoms with van der Waals surface area (Å²) in [7, 11) is 1.31. The minimum atomic E-state index is -0.768.